The number of hydrogen-bond donors (Lipinski definition) is 0. The van der Waals surface area contributed by atoms with E-state index in [1.807, 2.05) is 31.0 Å². The molecule has 1 saturated carbocycles. The SMILES string of the molecule is CC1(C)CC2=C(C(=O)O1)N(C1CCC(C#N)CC1)C=C=C2. The third kappa shape index (κ3) is 2.62. The van der Waals surface area contributed by atoms with Crippen LogP contribution in [0.5, 0.6) is 0 Å². The van der Waals surface area contributed by atoms with E-state index >= 15 is 0 Å². The van der Waals surface area contributed by atoms with Crippen molar-refractivity contribution in [3.05, 3.63) is 29.3 Å². The lowest BCUT2D eigenvalue weighted by atomic mass is 9.85. The molecule has 0 aromatic heterocycles. The van der Waals surface area contributed by atoms with Gasteiger partial charge in [-0.25, -0.2) is 4.79 Å². The van der Waals surface area contributed by atoms with Gasteiger partial charge in [0, 0.05) is 24.6 Å². The molecular formula is C17H20N2O2. The minimum Gasteiger partial charge on any atom is -0.455 e. The standard InChI is InChI=1S/C17H20N2O2/c1-17(2)10-13-4-3-9-19(15(13)16(20)21-17)14-7-5-12(11-18)6-8-14/h4,9,12,14H,5-8,10H2,1-2H3. The highest BCUT2D eigenvalue weighted by Crippen LogP contribution is 2.37. The lowest BCUT2D eigenvalue weighted by molar-refractivity contribution is -0.155. The van der Waals surface area contributed by atoms with E-state index in [2.05, 4.69) is 11.8 Å². The zero-order chi connectivity index (χ0) is 15.0. The van der Waals surface area contributed by atoms with Gasteiger partial charge in [-0.15, -0.1) is 5.73 Å². The molecule has 21 heavy (non-hydrogen) atoms. The van der Waals surface area contributed by atoms with Crippen LogP contribution >= 0.6 is 0 Å². The summed E-state index contributed by atoms with van der Waals surface area (Å²) in [5.41, 5.74) is 4.40. The van der Waals surface area contributed by atoms with E-state index in [9.17, 15) is 4.79 Å². The summed E-state index contributed by atoms with van der Waals surface area (Å²) in [4.78, 5) is 14.4. The molecule has 0 unspecified atom stereocenters. The van der Waals surface area contributed by atoms with Crippen molar-refractivity contribution in [3.8, 4) is 6.07 Å². The highest BCUT2D eigenvalue weighted by molar-refractivity contribution is 5.91. The molecule has 1 fully saturated rings. The Hall–Kier alpha value is -1.98. The molecule has 0 atom stereocenters. The lowest BCUT2D eigenvalue weighted by Gasteiger charge is -2.40. The molecule has 2 heterocycles. The van der Waals surface area contributed by atoms with E-state index < -0.39 is 5.60 Å². The highest BCUT2D eigenvalue weighted by atomic mass is 16.6. The van der Waals surface area contributed by atoms with E-state index in [0.29, 0.717) is 5.70 Å². The molecule has 0 bridgehead atoms. The first-order valence-electron chi connectivity index (χ1n) is 7.57. The van der Waals surface area contributed by atoms with Crippen molar-refractivity contribution < 1.29 is 9.53 Å². The van der Waals surface area contributed by atoms with Gasteiger partial charge < -0.3 is 9.64 Å². The van der Waals surface area contributed by atoms with Crippen molar-refractivity contribution in [2.45, 2.75) is 57.6 Å². The zero-order valence-electron chi connectivity index (χ0n) is 12.6. The Morgan fingerprint density at radius 2 is 2.10 bits per heavy atom. The molecule has 2 aliphatic heterocycles. The second-order valence-electron chi connectivity index (χ2n) is 6.68. The van der Waals surface area contributed by atoms with Gasteiger partial charge in [-0.1, -0.05) is 0 Å². The quantitative estimate of drug-likeness (QED) is 0.548. The average molecular weight is 284 g/mol. The van der Waals surface area contributed by atoms with Crippen LogP contribution in [0.15, 0.2) is 29.3 Å². The number of ether oxygens (including phenoxy) is 1. The van der Waals surface area contributed by atoms with Gasteiger partial charge in [0.15, 0.2) is 0 Å². The Morgan fingerprint density at radius 3 is 2.76 bits per heavy atom. The Kier molecular flexibility index (Phi) is 3.39. The van der Waals surface area contributed by atoms with Crippen LogP contribution in [0.4, 0.5) is 0 Å². The molecule has 110 valence electrons. The number of nitrogens with zero attached hydrogens (tertiary/aromatic N) is 2. The predicted octanol–water partition coefficient (Wildman–Crippen LogP) is 3.03. The van der Waals surface area contributed by atoms with Gasteiger partial charge >= 0.3 is 5.97 Å². The van der Waals surface area contributed by atoms with Crippen LogP contribution in [0.2, 0.25) is 0 Å². The molecule has 0 radical (unpaired) electrons. The number of allylic oxidation sites excluding steroid dienone is 1. The van der Waals surface area contributed by atoms with Crippen molar-refractivity contribution in [1.29, 1.82) is 5.26 Å². The van der Waals surface area contributed by atoms with Crippen molar-refractivity contribution in [2.24, 2.45) is 5.92 Å². The minimum atomic E-state index is -0.449. The fraction of sp³-hybridized carbons (Fsp3) is 0.588. The Balaban J connectivity index is 1.85. The van der Waals surface area contributed by atoms with Crippen LogP contribution in [0.25, 0.3) is 0 Å². The van der Waals surface area contributed by atoms with Gasteiger partial charge in [0.2, 0.25) is 0 Å². The first-order chi connectivity index (χ1) is 10.00. The van der Waals surface area contributed by atoms with Gasteiger partial charge in [0.05, 0.1) is 6.07 Å². The number of cyclic esters (lactones) is 1. The molecule has 4 heteroatoms. The Bertz CT molecular complexity index is 595. The first-order valence-corrected chi connectivity index (χ1v) is 7.57. The van der Waals surface area contributed by atoms with Crippen LogP contribution in [0, 0.1) is 17.2 Å². The molecule has 3 aliphatic rings. The van der Waals surface area contributed by atoms with E-state index in [1.54, 1.807) is 0 Å². The third-order valence-electron chi connectivity index (χ3n) is 4.48. The number of carbonyl (C=O) groups excluding carboxylic acids is 1. The topological polar surface area (TPSA) is 53.3 Å². The van der Waals surface area contributed by atoms with Gasteiger partial charge in [-0.05, 0) is 51.2 Å². The number of nitriles is 1. The fourth-order valence-electron chi connectivity index (χ4n) is 3.45. The van der Waals surface area contributed by atoms with Crippen molar-refractivity contribution >= 4 is 5.97 Å². The summed E-state index contributed by atoms with van der Waals surface area (Å²) in [6, 6.07) is 2.62. The van der Waals surface area contributed by atoms with Crippen LogP contribution in [0.1, 0.15) is 46.0 Å². The van der Waals surface area contributed by atoms with Gasteiger partial charge in [0.1, 0.15) is 11.3 Å². The molecule has 4 nitrogen and oxygen atoms in total. The zero-order valence-corrected chi connectivity index (χ0v) is 12.6. The van der Waals surface area contributed by atoms with E-state index in [0.717, 1.165) is 37.7 Å². The maximum absolute atomic E-state index is 12.4. The normalized spacial score (nSPS) is 30.7. The smallest absolute Gasteiger partial charge is 0.355 e. The maximum atomic E-state index is 12.4. The summed E-state index contributed by atoms with van der Waals surface area (Å²) in [5.74, 6) is -0.0751. The summed E-state index contributed by atoms with van der Waals surface area (Å²) in [6.07, 6.45) is 8.15. The molecule has 0 N–H and O–H groups in total. The summed E-state index contributed by atoms with van der Waals surface area (Å²) < 4.78 is 5.55. The van der Waals surface area contributed by atoms with Crippen molar-refractivity contribution in [2.75, 3.05) is 0 Å². The minimum absolute atomic E-state index is 0.163. The highest BCUT2D eigenvalue weighted by Gasteiger charge is 2.39. The number of hydrogen-bond acceptors (Lipinski definition) is 4. The average Bonchev–Trinajstić information content (AvgIpc) is 2.45. The molecule has 0 amide bonds. The van der Waals surface area contributed by atoms with Gasteiger partial charge in [-0.3, -0.25) is 0 Å². The Morgan fingerprint density at radius 1 is 1.38 bits per heavy atom. The van der Waals surface area contributed by atoms with Crippen LogP contribution < -0.4 is 0 Å². The van der Waals surface area contributed by atoms with Gasteiger partial charge in [0.25, 0.3) is 0 Å². The van der Waals surface area contributed by atoms with Crippen molar-refractivity contribution in [1.82, 2.24) is 4.90 Å². The van der Waals surface area contributed by atoms with Crippen LogP contribution in [-0.2, 0) is 9.53 Å². The van der Waals surface area contributed by atoms with Crippen LogP contribution in [0.3, 0.4) is 0 Å². The molecular weight excluding hydrogens is 264 g/mol. The van der Waals surface area contributed by atoms with E-state index in [1.165, 1.54) is 0 Å². The number of carbonyl (C=O) groups is 1. The van der Waals surface area contributed by atoms with E-state index in [4.69, 9.17) is 10.00 Å². The molecule has 3 rings (SSSR count). The summed E-state index contributed by atoms with van der Waals surface area (Å²) >= 11 is 0. The van der Waals surface area contributed by atoms with Crippen molar-refractivity contribution in [3.63, 3.8) is 0 Å². The number of esters is 1. The molecule has 0 spiro atoms. The molecule has 0 saturated heterocycles. The summed E-state index contributed by atoms with van der Waals surface area (Å²) in [7, 11) is 0. The second-order valence-corrected chi connectivity index (χ2v) is 6.68. The number of rotatable bonds is 1. The Labute approximate surface area is 125 Å². The van der Waals surface area contributed by atoms with Crippen LogP contribution in [-0.4, -0.2) is 22.5 Å². The largest absolute Gasteiger partial charge is 0.455 e. The van der Waals surface area contributed by atoms with E-state index in [-0.39, 0.29) is 17.9 Å². The monoisotopic (exact) mass is 284 g/mol. The summed E-state index contributed by atoms with van der Waals surface area (Å²) in [5, 5.41) is 9.00. The molecule has 0 aromatic rings. The predicted molar refractivity (Wildman–Crippen MR) is 77.7 cm³/mol. The third-order valence-corrected chi connectivity index (χ3v) is 4.48. The first kappa shape index (κ1) is 14.0. The maximum Gasteiger partial charge on any atom is 0.355 e. The summed E-state index contributed by atoms with van der Waals surface area (Å²) in [6.45, 7) is 3.87. The second kappa shape index (κ2) is 5.09. The van der Waals surface area contributed by atoms with Gasteiger partial charge in [-0.2, -0.15) is 5.26 Å². The fourth-order valence-corrected chi connectivity index (χ4v) is 3.45. The molecule has 1 aliphatic carbocycles. The molecule has 0 aromatic carbocycles. The lowest BCUT2D eigenvalue weighted by Crippen LogP contribution is -2.43.